The van der Waals surface area contributed by atoms with Crippen LogP contribution in [0.15, 0.2) is 0 Å². The Labute approximate surface area is 91.2 Å². The molecule has 0 saturated heterocycles. The molecule has 0 aromatic carbocycles. The highest BCUT2D eigenvalue weighted by molar-refractivity contribution is 5.69. The normalized spacial score (nSPS) is 27.5. The Bertz CT molecular complexity index is 214. The number of carboxylic acid groups (broad SMARTS) is 1. The molecule has 1 rings (SSSR count). The van der Waals surface area contributed by atoms with Crippen LogP contribution in [0.25, 0.3) is 0 Å². The summed E-state index contributed by atoms with van der Waals surface area (Å²) in [5.74, 6) is -1.01. The zero-order valence-corrected chi connectivity index (χ0v) is 9.77. The monoisotopic (exact) mass is 215 g/mol. The zero-order chi connectivity index (χ0) is 11.4. The molecule has 0 heterocycles. The molecule has 4 nitrogen and oxygen atoms in total. The predicted molar refractivity (Wildman–Crippen MR) is 57.9 cm³/mol. The van der Waals surface area contributed by atoms with Gasteiger partial charge in [0.1, 0.15) is 0 Å². The summed E-state index contributed by atoms with van der Waals surface area (Å²) in [7, 11) is 1.99. The van der Waals surface area contributed by atoms with Gasteiger partial charge in [-0.15, -0.1) is 0 Å². The molecule has 0 aliphatic heterocycles. The molecule has 1 aliphatic carbocycles. The first-order chi connectivity index (χ1) is 7.04. The van der Waals surface area contributed by atoms with Crippen molar-refractivity contribution in [2.75, 3.05) is 20.2 Å². The molecule has 15 heavy (non-hydrogen) atoms. The molecule has 0 radical (unpaired) electrons. The van der Waals surface area contributed by atoms with E-state index in [2.05, 4.69) is 4.90 Å². The summed E-state index contributed by atoms with van der Waals surface area (Å²) < 4.78 is 5.47. The van der Waals surface area contributed by atoms with Crippen molar-refractivity contribution in [3.63, 3.8) is 0 Å². The van der Waals surface area contributed by atoms with Gasteiger partial charge in [0.2, 0.25) is 0 Å². The molecule has 0 bridgehead atoms. The fourth-order valence-electron chi connectivity index (χ4n) is 1.93. The summed E-state index contributed by atoms with van der Waals surface area (Å²) in [6.07, 6.45) is 2.47. The van der Waals surface area contributed by atoms with Crippen molar-refractivity contribution in [3.05, 3.63) is 0 Å². The summed E-state index contributed by atoms with van der Waals surface area (Å²) in [5.41, 5.74) is 0. The Morgan fingerprint density at radius 1 is 1.60 bits per heavy atom. The van der Waals surface area contributed by atoms with Crippen LogP contribution < -0.4 is 0 Å². The van der Waals surface area contributed by atoms with Crippen molar-refractivity contribution in [1.82, 2.24) is 4.90 Å². The van der Waals surface area contributed by atoms with Crippen LogP contribution in [0.2, 0.25) is 0 Å². The van der Waals surface area contributed by atoms with Gasteiger partial charge in [0.05, 0.1) is 12.0 Å². The average molecular weight is 215 g/mol. The maximum absolute atomic E-state index is 10.7. The van der Waals surface area contributed by atoms with E-state index >= 15 is 0 Å². The van der Waals surface area contributed by atoms with Crippen LogP contribution in [-0.4, -0.2) is 48.3 Å². The Hall–Kier alpha value is -0.610. The van der Waals surface area contributed by atoms with Gasteiger partial charge in [0.25, 0.3) is 0 Å². The second-order valence-corrected chi connectivity index (χ2v) is 4.38. The predicted octanol–water partition coefficient (Wildman–Crippen LogP) is 1.21. The van der Waals surface area contributed by atoms with Crippen molar-refractivity contribution in [2.24, 2.45) is 5.92 Å². The minimum Gasteiger partial charge on any atom is -0.481 e. The van der Waals surface area contributed by atoms with Crippen LogP contribution in [-0.2, 0) is 9.53 Å². The van der Waals surface area contributed by atoms with Crippen LogP contribution in [0.3, 0.4) is 0 Å². The van der Waals surface area contributed by atoms with Gasteiger partial charge in [-0.25, -0.2) is 0 Å². The standard InChI is InChI=1S/C11H21NO3/c1-4-15-10-5-9(6-10)12(3)7-8(2)11(13)14/h8-10H,4-7H2,1-3H3,(H,13,14). The molecule has 1 N–H and O–H groups in total. The first-order valence-electron chi connectivity index (χ1n) is 5.59. The maximum atomic E-state index is 10.7. The summed E-state index contributed by atoms with van der Waals surface area (Å²) in [5, 5.41) is 8.79. The Balaban J connectivity index is 2.20. The number of hydrogen-bond acceptors (Lipinski definition) is 3. The summed E-state index contributed by atoms with van der Waals surface area (Å²) in [6, 6.07) is 0.503. The van der Waals surface area contributed by atoms with Gasteiger partial charge in [0.15, 0.2) is 0 Å². The highest BCUT2D eigenvalue weighted by atomic mass is 16.5. The minimum atomic E-state index is -0.720. The lowest BCUT2D eigenvalue weighted by molar-refractivity contribution is -0.142. The number of rotatable bonds is 6. The van der Waals surface area contributed by atoms with E-state index in [4.69, 9.17) is 9.84 Å². The van der Waals surface area contributed by atoms with Crippen LogP contribution in [0, 0.1) is 5.92 Å². The summed E-state index contributed by atoms with van der Waals surface area (Å²) in [4.78, 5) is 12.8. The lowest BCUT2D eigenvalue weighted by Crippen LogP contribution is -2.48. The number of carboxylic acids is 1. The molecule has 0 spiro atoms. The molecule has 0 aromatic rings. The van der Waals surface area contributed by atoms with E-state index in [0.29, 0.717) is 18.7 Å². The SMILES string of the molecule is CCOC1CC(N(C)CC(C)C(=O)O)C1. The lowest BCUT2D eigenvalue weighted by Gasteiger charge is -2.41. The minimum absolute atomic E-state index is 0.291. The third-order valence-corrected chi connectivity index (χ3v) is 3.08. The Kier molecular flexibility index (Phi) is 4.54. The Morgan fingerprint density at radius 2 is 2.20 bits per heavy atom. The third kappa shape index (κ3) is 3.47. The van der Waals surface area contributed by atoms with E-state index in [0.717, 1.165) is 19.4 Å². The molecule has 1 atom stereocenters. The van der Waals surface area contributed by atoms with Crippen molar-refractivity contribution < 1.29 is 14.6 Å². The summed E-state index contributed by atoms with van der Waals surface area (Å²) in [6.45, 7) is 5.15. The molecule has 1 unspecified atom stereocenters. The van der Waals surface area contributed by atoms with Crippen molar-refractivity contribution in [3.8, 4) is 0 Å². The van der Waals surface area contributed by atoms with Crippen molar-refractivity contribution >= 4 is 5.97 Å². The molecule has 0 aromatic heterocycles. The highest BCUT2D eigenvalue weighted by Crippen LogP contribution is 2.27. The van der Waals surface area contributed by atoms with Gasteiger partial charge in [-0.05, 0) is 26.8 Å². The smallest absolute Gasteiger partial charge is 0.307 e. The van der Waals surface area contributed by atoms with E-state index in [1.54, 1.807) is 6.92 Å². The quantitative estimate of drug-likeness (QED) is 0.723. The molecule has 4 heteroatoms. The first kappa shape index (κ1) is 12.5. The molecular weight excluding hydrogens is 194 g/mol. The van der Waals surface area contributed by atoms with Crippen LogP contribution in [0.5, 0.6) is 0 Å². The van der Waals surface area contributed by atoms with E-state index in [-0.39, 0.29) is 5.92 Å². The second kappa shape index (κ2) is 5.47. The third-order valence-electron chi connectivity index (χ3n) is 3.08. The largest absolute Gasteiger partial charge is 0.481 e. The average Bonchev–Trinajstić information content (AvgIpc) is 2.09. The topological polar surface area (TPSA) is 49.8 Å². The second-order valence-electron chi connectivity index (χ2n) is 4.38. The van der Waals surface area contributed by atoms with Crippen LogP contribution >= 0.6 is 0 Å². The maximum Gasteiger partial charge on any atom is 0.307 e. The summed E-state index contributed by atoms with van der Waals surface area (Å²) >= 11 is 0. The number of carbonyl (C=O) groups is 1. The van der Waals surface area contributed by atoms with E-state index in [1.165, 1.54) is 0 Å². The first-order valence-corrected chi connectivity index (χ1v) is 5.59. The number of ether oxygens (including phenoxy) is 1. The lowest BCUT2D eigenvalue weighted by atomic mass is 9.87. The molecule has 1 fully saturated rings. The molecule has 88 valence electrons. The van der Waals surface area contributed by atoms with E-state index < -0.39 is 5.97 Å². The van der Waals surface area contributed by atoms with E-state index in [1.807, 2.05) is 14.0 Å². The van der Waals surface area contributed by atoms with Crippen molar-refractivity contribution in [1.29, 1.82) is 0 Å². The van der Waals surface area contributed by atoms with Crippen molar-refractivity contribution in [2.45, 2.75) is 38.8 Å². The van der Waals surface area contributed by atoms with Crippen LogP contribution in [0.4, 0.5) is 0 Å². The highest BCUT2D eigenvalue weighted by Gasteiger charge is 2.33. The zero-order valence-electron chi connectivity index (χ0n) is 9.77. The fourth-order valence-corrected chi connectivity index (χ4v) is 1.93. The number of nitrogens with zero attached hydrogens (tertiary/aromatic N) is 1. The van der Waals surface area contributed by atoms with E-state index in [9.17, 15) is 4.79 Å². The molecule has 1 aliphatic rings. The van der Waals surface area contributed by atoms with Gasteiger partial charge in [-0.3, -0.25) is 4.79 Å². The van der Waals surface area contributed by atoms with Crippen LogP contribution in [0.1, 0.15) is 26.7 Å². The van der Waals surface area contributed by atoms with Gasteiger partial charge in [0, 0.05) is 19.2 Å². The number of aliphatic carboxylic acids is 1. The fraction of sp³-hybridized carbons (Fsp3) is 0.909. The van der Waals surface area contributed by atoms with Gasteiger partial charge in [-0.1, -0.05) is 6.92 Å². The van der Waals surface area contributed by atoms with Gasteiger partial charge >= 0.3 is 5.97 Å². The molecular formula is C11H21NO3. The van der Waals surface area contributed by atoms with Gasteiger partial charge in [-0.2, -0.15) is 0 Å². The number of hydrogen-bond donors (Lipinski definition) is 1. The molecule has 1 saturated carbocycles. The Morgan fingerprint density at radius 3 is 2.67 bits per heavy atom. The van der Waals surface area contributed by atoms with Gasteiger partial charge < -0.3 is 14.7 Å². The molecule has 0 amide bonds.